The summed E-state index contributed by atoms with van der Waals surface area (Å²) in [4.78, 5) is 52.2. The molecule has 3 N–H and O–H groups in total. The van der Waals surface area contributed by atoms with E-state index in [1.54, 1.807) is 91.0 Å². The summed E-state index contributed by atoms with van der Waals surface area (Å²) < 4.78 is 16.0. The van der Waals surface area contributed by atoms with E-state index in [1.165, 1.54) is 32.1 Å². The fourth-order valence-electron chi connectivity index (χ4n) is 4.34. The lowest BCUT2D eigenvalue weighted by Crippen LogP contribution is -2.30. The number of rotatable bonds is 15. The van der Waals surface area contributed by atoms with Gasteiger partial charge in [-0.25, -0.2) is 4.79 Å². The molecule has 0 saturated carbocycles. The summed E-state index contributed by atoms with van der Waals surface area (Å²) in [6.07, 6.45) is 3.25. The second-order valence-corrected chi connectivity index (χ2v) is 11.4. The molecule has 48 heavy (non-hydrogen) atoms. The summed E-state index contributed by atoms with van der Waals surface area (Å²) in [5.41, 5.74) is 2.31. The van der Waals surface area contributed by atoms with Gasteiger partial charge in [0, 0.05) is 27.4 Å². The average Bonchev–Trinajstić information content (AvgIpc) is 3.11. The van der Waals surface area contributed by atoms with Gasteiger partial charge in [-0.2, -0.15) is 0 Å². The summed E-state index contributed by atoms with van der Waals surface area (Å²) >= 11 is 1.28. The quantitative estimate of drug-likeness (QED) is 0.0546. The molecule has 10 nitrogen and oxygen atoms in total. The first-order valence-corrected chi connectivity index (χ1v) is 16.2. The molecular formula is C37H37N3O7S. The van der Waals surface area contributed by atoms with E-state index in [0.717, 1.165) is 17.7 Å². The Kier molecular flexibility index (Phi) is 13.2. The average molecular weight is 668 g/mol. The SMILES string of the molecule is CCCCOC(=O)c1ccc(NC(=O)CSc2cccc(NC(=O)/C(=C\c3cc(OC)ccc3OC)NC(=O)c3ccccc3)c2)cc1. The molecule has 3 amide bonds. The van der Waals surface area contributed by atoms with Gasteiger partial charge in [0.05, 0.1) is 32.1 Å². The van der Waals surface area contributed by atoms with Crippen molar-refractivity contribution in [2.75, 3.05) is 37.2 Å². The van der Waals surface area contributed by atoms with E-state index in [9.17, 15) is 19.2 Å². The lowest BCUT2D eigenvalue weighted by Gasteiger charge is -2.14. The molecule has 0 aliphatic rings. The molecule has 0 unspecified atom stereocenters. The summed E-state index contributed by atoms with van der Waals surface area (Å²) in [5.74, 6) is -0.542. The number of hydrogen-bond donors (Lipinski definition) is 3. The Labute approximate surface area is 283 Å². The fraction of sp³-hybridized carbons (Fsp3) is 0.189. The van der Waals surface area contributed by atoms with Crippen molar-refractivity contribution < 1.29 is 33.4 Å². The Morgan fingerprint density at radius 1 is 0.771 bits per heavy atom. The Morgan fingerprint density at radius 2 is 1.54 bits per heavy atom. The van der Waals surface area contributed by atoms with Crippen molar-refractivity contribution in [1.82, 2.24) is 5.32 Å². The van der Waals surface area contributed by atoms with Crippen LogP contribution in [0.3, 0.4) is 0 Å². The fourth-order valence-corrected chi connectivity index (χ4v) is 5.10. The minimum atomic E-state index is -0.568. The van der Waals surface area contributed by atoms with Crippen molar-refractivity contribution in [3.05, 3.63) is 119 Å². The number of carbonyl (C=O) groups excluding carboxylic acids is 4. The Morgan fingerprint density at radius 3 is 2.25 bits per heavy atom. The van der Waals surface area contributed by atoms with Crippen LogP contribution in [-0.2, 0) is 14.3 Å². The van der Waals surface area contributed by atoms with Gasteiger partial charge in [-0.1, -0.05) is 37.6 Å². The van der Waals surface area contributed by atoms with E-state index >= 15 is 0 Å². The van der Waals surface area contributed by atoms with Crippen LogP contribution in [0.5, 0.6) is 11.5 Å². The third kappa shape index (κ3) is 10.5. The van der Waals surface area contributed by atoms with Crippen molar-refractivity contribution in [2.45, 2.75) is 24.7 Å². The number of thioether (sulfide) groups is 1. The molecule has 0 heterocycles. The van der Waals surface area contributed by atoms with Crippen molar-refractivity contribution in [2.24, 2.45) is 0 Å². The highest BCUT2D eigenvalue weighted by Gasteiger charge is 2.17. The lowest BCUT2D eigenvalue weighted by molar-refractivity contribution is -0.114. The van der Waals surface area contributed by atoms with Gasteiger partial charge >= 0.3 is 5.97 Å². The van der Waals surface area contributed by atoms with Gasteiger partial charge in [0.25, 0.3) is 11.8 Å². The second kappa shape index (κ2) is 18.0. The number of esters is 1. The van der Waals surface area contributed by atoms with Crippen molar-refractivity contribution in [3.63, 3.8) is 0 Å². The van der Waals surface area contributed by atoms with Gasteiger partial charge in [0.15, 0.2) is 0 Å². The number of unbranched alkanes of at least 4 members (excludes halogenated alkanes) is 1. The molecule has 4 aromatic carbocycles. The van der Waals surface area contributed by atoms with Crippen LogP contribution in [0.25, 0.3) is 6.08 Å². The lowest BCUT2D eigenvalue weighted by atomic mass is 10.1. The molecule has 0 radical (unpaired) electrons. The number of ether oxygens (including phenoxy) is 3. The Balaban J connectivity index is 1.42. The van der Waals surface area contributed by atoms with Gasteiger partial charge < -0.3 is 30.2 Å². The normalized spacial score (nSPS) is 10.9. The molecule has 11 heteroatoms. The number of anilines is 2. The molecule has 0 aliphatic heterocycles. The zero-order valence-corrected chi connectivity index (χ0v) is 27.7. The molecule has 0 fully saturated rings. The molecule has 0 spiro atoms. The third-order valence-corrected chi connectivity index (χ3v) is 7.86. The maximum atomic E-state index is 13.6. The zero-order valence-electron chi connectivity index (χ0n) is 26.9. The summed E-state index contributed by atoms with van der Waals surface area (Å²) in [5, 5.41) is 8.37. The van der Waals surface area contributed by atoms with Crippen LogP contribution in [0.2, 0.25) is 0 Å². The van der Waals surface area contributed by atoms with E-state index in [0.29, 0.717) is 46.2 Å². The molecule has 0 aliphatic carbocycles. The van der Waals surface area contributed by atoms with Crippen molar-refractivity contribution in [3.8, 4) is 11.5 Å². The van der Waals surface area contributed by atoms with Crippen LogP contribution in [0.15, 0.2) is 108 Å². The standard InChI is InChI=1S/C37H37N3O7S/c1-4-5-20-47-37(44)26-14-16-28(17-15-26)38-34(41)24-48-31-13-9-12-29(23-31)39-36(43)32(40-35(42)25-10-7-6-8-11-25)22-27-21-30(45-2)18-19-33(27)46-3/h6-19,21-23H,4-5,20,24H2,1-3H3,(H,38,41)(H,39,43)(H,40,42)/b32-22+. The van der Waals surface area contributed by atoms with Gasteiger partial charge in [-0.3, -0.25) is 14.4 Å². The van der Waals surface area contributed by atoms with Crippen LogP contribution in [0.4, 0.5) is 11.4 Å². The van der Waals surface area contributed by atoms with Gasteiger partial charge in [-0.05, 0) is 85.3 Å². The summed E-state index contributed by atoms with van der Waals surface area (Å²) in [6, 6.07) is 27.2. The molecule has 248 valence electrons. The molecule has 0 bridgehead atoms. The Hall–Kier alpha value is -5.55. The maximum Gasteiger partial charge on any atom is 0.338 e. The first kappa shape index (κ1) is 35.3. The number of methoxy groups -OCH3 is 2. The van der Waals surface area contributed by atoms with Crippen molar-refractivity contribution in [1.29, 1.82) is 0 Å². The largest absolute Gasteiger partial charge is 0.497 e. The number of carbonyl (C=O) groups is 4. The van der Waals surface area contributed by atoms with E-state index < -0.39 is 17.8 Å². The highest BCUT2D eigenvalue weighted by molar-refractivity contribution is 8.00. The van der Waals surface area contributed by atoms with Crippen LogP contribution in [-0.4, -0.2) is 50.3 Å². The van der Waals surface area contributed by atoms with Gasteiger partial charge in [0.1, 0.15) is 17.2 Å². The van der Waals surface area contributed by atoms with Crippen LogP contribution in [0, 0.1) is 0 Å². The smallest absolute Gasteiger partial charge is 0.338 e. The van der Waals surface area contributed by atoms with Gasteiger partial charge in [-0.15, -0.1) is 11.8 Å². The topological polar surface area (TPSA) is 132 Å². The van der Waals surface area contributed by atoms with Crippen LogP contribution >= 0.6 is 11.8 Å². The molecule has 0 atom stereocenters. The molecular weight excluding hydrogens is 630 g/mol. The van der Waals surface area contributed by atoms with Gasteiger partial charge in [0.2, 0.25) is 5.91 Å². The molecule has 0 saturated heterocycles. The monoisotopic (exact) mass is 667 g/mol. The minimum Gasteiger partial charge on any atom is -0.497 e. The maximum absolute atomic E-state index is 13.6. The predicted molar refractivity (Wildman–Crippen MR) is 187 cm³/mol. The van der Waals surface area contributed by atoms with Crippen LogP contribution < -0.4 is 25.4 Å². The van der Waals surface area contributed by atoms with E-state index in [1.807, 2.05) is 13.0 Å². The first-order valence-electron chi connectivity index (χ1n) is 15.2. The number of amides is 3. The zero-order chi connectivity index (χ0) is 34.3. The predicted octanol–water partition coefficient (Wildman–Crippen LogP) is 6.80. The molecule has 0 aromatic heterocycles. The number of nitrogens with one attached hydrogen (secondary N) is 3. The minimum absolute atomic E-state index is 0.0203. The van der Waals surface area contributed by atoms with E-state index in [4.69, 9.17) is 14.2 Å². The van der Waals surface area contributed by atoms with Crippen molar-refractivity contribution >= 4 is 52.9 Å². The summed E-state index contributed by atoms with van der Waals surface area (Å²) in [7, 11) is 3.04. The second-order valence-electron chi connectivity index (χ2n) is 10.4. The number of benzene rings is 4. The van der Waals surface area contributed by atoms with Crippen LogP contribution in [0.1, 0.15) is 46.0 Å². The molecule has 4 aromatic rings. The molecule has 4 rings (SSSR count). The third-order valence-electron chi connectivity index (χ3n) is 6.86. The first-order chi connectivity index (χ1) is 23.3. The Bertz CT molecular complexity index is 1760. The summed E-state index contributed by atoms with van der Waals surface area (Å²) in [6.45, 7) is 2.39. The van der Waals surface area contributed by atoms with E-state index in [2.05, 4.69) is 16.0 Å². The highest BCUT2D eigenvalue weighted by Crippen LogP contribution is 2.27. The number of hydrogen-bond acceptors (Lipinski definition) is 8. The highest BCUT2D eigenvalue weighted by atomic mass is 32.2. The van der Waals surface area contributed by atoms with E-state index in [-0.39, 0.29) is 17.4 Å².